The number of para-hydroxylation sites is 1. The molecule has 1 amide bonds. The lowest BCUT2D eigenvalue weighted by Gasteiger charge is -2.20. The Hall–Kier alpha value is -2.24. The van der Waals surface area contributed by atoms with Gasteiger partial charge in [-0.05, 0) is 19.1 Å². The van der Waals surface area contributed by atoms with Gasteiger partial charge in [0.2, 0.25) is 5.91 Å². The van der Waals surface area contributed by atoms with Crippen molar-refractivity contribution in [2.45, 2.75) is 6.92 Å². The summed E-state index contributed by atoms with van der Waals surface area (Å²) in [4.78, 5) is 24.1. The van der Waals surface area contributed by atoms with Crippen LogP contribution in [0.4, 0.5) is 11.4 Å². The second kappa shape index (κ2) is 5.90. The zero-order chi connectivity index (χ0) is 13.7. The molecular formula is C12H17N3O3. The van der Waals surface area contributed by atoms with Gasteiger partial charge >= 0.3 is 5.97 Å². The van der Waals surface area contributed by atoms with Crippen LogP contribution in [0.5, 0.6) is 0 Å². The van der Waals surface area contributed by atoms with Crippen LogP contribution in [0.3, 0.4) is 0 Å². The van der Waals surface area contributed by atoms with E-state index in [2.05, 4.69) is 0 Å². The summed E-state index contributed by atoms with van der Waals surface area (Å²) in [5, 5.41) is 0. The summed E-state index contributed by atoms with van der Waals surface area (Å²) in [5.74, 6) is -0.956. The number of likely N-dealkylation sites (N-methyl/N-ethyl adjacent to an activating group) is 1. The van der Waals surface area contributed by atoms with E-state index in [1.54, 1.807) is 37.1 Å². The fourth-order valence-electron chi connectivity index (χ4n) is 1.59. The van der Waals surface area contributed by atoms with Gasteiger partial charge in [-0.15, -0.1) is 0 Å². The predicted octanol–water partition coefficient (Wildman–Crippen LogP) is 0.367. The minimum absolute atomic E-state index is 0.0243. The number of carbonyl (C=O) groups excluding carboxylic acids is 2. The second-order valence-corrected chi connectivity index (χ2v) is 3.78. The molecule has 0 bridgehead atoms. The van der Waals surface area contributed by atoms with Crippen LogP contribution in [-0.2, 0) is 9.53 Å². The maximum atomic E-state index is 11.7. The normalized spacial score (nSPS) is 9.89. The fraction of sp³-hybridized carbons (Fsp3) is 0.333. The molecule has 6 heteroatoms. The Bertz CT molecular complexity index is 460. The highest BCUT2D eigenvalue weighted by Gasteiger charge is 2.16. The zero-order valence-corrected chi connectivity index (χ0v) is 10.5. The maximum Gasteiger partial charge on any atom is 0.340 e. The molecule has 0 radical (unpaired) electrons. The van der Waals surface area contributed by atoms with Crippen molar-refractivity contribution < 1.29 is 14.3 Å². The lowest BCUT2D eigenvalue weighted by Crippen LogP contribution is -2.31. The predicted molar refractivity (Wildman–Crippen MR) is 69.3 cm³/mol. The number of rotatable bonds is 5. The van der Waals surface area contributed by atoms with Gasteiger partial charge in [-0.1, -0.05) is 6.07 Å². The number of nitrogens with two attached hydrogens (primary N) is 2. The van der Waals surface area contributed by atoms with E-state index in [9.17, 15) is 9.59 Å². The van der Waals surface area contributed by atoms with E-state index in [0.717, 1.165) is 0 Å². The molecule has 1 rings (SSSR count). The number of nitrogen functional groups attached to an aromatic ring is 1. The lowest BCUT2D eigenvalue weighted by atomic mass is 10.1. The van der Waals surface area contributed by atoms with Crippen molar-refractivity contribution in [2.24, 2.45) is 5.73 Å². The van der Waals surface area contributed by atoms with Crippen molar-refractivity contribution >= 4 is 23.3 Å². The summed E-state index contributed by atoms with van der Waals surface area (Å²) in [7, 11) is 1.67. The molecule has 0 aromatic heterocycles. The number of esters is 1. The molecule has 98 valence electrons. The van der Waals surface area contributed by atoms with Crippen molar-refractivity contribution in [3.63, 3.8) is 0 Å². The molecule has 4 N–H and O–H groups in total. The summed E-state index contributed by atoms with van der Waals surface area (Å²) in [6, 6.07) is 4.96. The Morgan fingerprint density at radius 3 is 2.61 bits per heavy atom. The highest BCUT2D eigenvalue weighted by atomic mass is 16.5. The molecule has 6 nitrogen and oxygen atoms in total. The fourth-order valence-corrected chi connectivity index (χ4v) is 1.59. The van der Waals surface area contributed by atoms with Gasteiger partial charge in [0.1, 0.15) is 0 Å². The number of carbonyl (C=O) groups is 2. The van der Waals surface area contributed by atoms with Crippen molar-refractivity contribution in [3.8, 4) is 0 Å². The summed E-state index contributed by atoms with van der Waals surface area (Å²) < 4.78 is 4.90. The quantitative estimate of drug-likeness (QED) is 0.581. The van der Waals surface area contributed by atoms with Gasteiger partial charge in [0.25, 0.3) is 0 Å². The summed E-state index contributed by atoms with van der Waals surface area (Å²) in [5.41, 5.74) is 12.1. The summed E-state index contributed by atoms with van der Waals surface area (Å²) >= 11 is 0. The Morgan fingerprint density at radius 1 is 1.39 bits per heavy atom. The smallest absolute Gasteiger partial charge is 0.340 e. The largest absolute Gasteiger partial charge is 0.462 e. The number of anilines is 2. The Balaban J connectivity index is 3.05. The Kier molecular flexibility index (Phi) is 4.53. The summed E-state index contributed by atoms with van der Waals surface area (Å²) in [6.45, 7) is 2.02. The molecule has 0 aliphatic heterocycles. The van der Waals surface area contributed by atoms with Gasteiger partial charge in [0.05, 0.1) is 30.1 Å². The van der Waals surface area contributed by atoms with Crippen molar-refractivity contribution in [2.75, 3.05) is 30.8 Å². The van der Waals surface area contributed by atoms with E-state index in [4.69, 9.17) is 16.2 Å². The van der Waals surface area contributed by atoms with E-state index in [1.807, 2.05) is 0 Å². The van der Waals surface area contributed by atoms with Crippen LogP contribution < -0.4 is 16.4 Å². The molecule has 0 aliphatic rings. The SMILES string of the molecule is CCOC(=O)c1cccc(N(C)CC(N)=O)c1N. The van der Waals surface area contributed by atoms with Crippen molar-refractivity contribution in [1.29, 1.82) is 0 Å². The summed E-state index contributed by atoms with van der Waals surface area (Å²) in [6.07, 6.45) is 0. The third-order valence-corrected chi connectivity index (χ3v) is 2.38. The van der Waals surface area contributed by atoms with E-state index in [0.29, 0.717) is 5.69 Å². The first-order chi connectivity index (χ1) is 8.47. The molecule has 0 atom stereocenters. The van der Waals surface area contributed by atoms with Crippen LogP contribution in [0.15, 0.2) is 18.2 Å². The Labute approximate surface area is 105 Å². The molecular weight excluding hydrogens is 234 g/mol. The van der Waals surface area contributed by atoms with E-state index >= 15 is 0 Å². The minimum atomic E-state index is -0.482. The number of hydrogen-bond acceptors (Lipinski definition) is 5. The molecule has 0 fully saturated rings. The zero-order valence-electron chi connectivity index (χ0n) is 10.5. The van der Waals surface area contributed by atoms with Crippen LogP contribution in [0.2, 0.25) is 0 Å². The molecule has 0 saturated heterocycles. The minimum Gasteiger partial charge on any atom is -0.462 e. The van der Waals surface area contributed by atoms with Crippen molar-refractivity contribution in [3.05, 3.63) is 23.8 Å². The van der Waals surface area contributed by atoms with Gasteiger partial charge in [-0.25, -0.2) is 4.79 Å². The van der Waals surface area contributed by atoms with Crippen LogP contribution in [0, 0.1) is 0 Å². The number of benzene rings is 1. The molecule has 1 aromatic carbocycles. The monoisotopic (exact) mass is 251 g/mol. The van der Waals surface area contributed by atoms with Gasteiger partial charge < -0.3 is 21.1 Å². The van der Waals surface area contributed by atoms with Crippen LogP contribution >= 0.6 is 0 Å². The molecule has 18 heavy (non-hydrogen) atoms. The van der Waals surface area contributed by atoms with E-state index in [1.165, 1.54) is 0 Å². The van der Waals surface area contributed by atoms with Gasteiger partial charge in [-0.3, -0.25) is 4.79 Å². The van der Waals surface area contributed by atoms with Crippen LogP contribution in [0.25, 0.3) is 0 Å². The first-order valence-corrected chi connectivity index (χ1v) is 5.52. The van der Waals surface area contributed by atoms with Gasteiger partial charge in [-0.2, -0.15) is 0 Å². The lowest BCUT2D eigenvalue weighted by molar-refractivity contribution is -0.116. The second-order valence-electron chi connectivity index (χ2n) is 3.78. The first kappa shape index (κ1) is 13.8. The molecule has 0 heterocycles. The highest BCUT2D eigenvalue weighted by molar-refractivity contribution is 5.98. The number of amides is 1. The van der Waals surface area contributed by atoms with Crippen molar-refractivity contribution in [1.82, 2.24) is 0 Å². The number of primary amides is 1. The standard InChI is InChI=1S/C12H17N3O3/c1-3-18-12(17)8-5-4-6-9(11(8)14)15(2)7-10(13)16/h4-6H,3,7,14H2,1-2H3,(H2,13,16). The third-order valence-electron chi connectivity index (χ3n) is 2.38. The molecule has 0 unspecified atom stereocenters. The third kappa shape index (κ3) is 3.13. The van der Waals surface area contributed by atoms with Crippen LogP contribution in [-0.4, -0.2) is 32.1 Å². The van der Waals surface area contributed by atoms with Crippen LogP contribution in [0.1, 0.15) is 17.3 Å². The first-order valence-electron chi connectivity index (χ1n) is 5.52. The highest BCUT2D eigenvalue weighted by Crippen LogP contribution is 2.26. The average Bonchev–Trinajstić information content (AvgIpc) is 2.28. The molecule has 0 saturated carbocycles. The number of hydrogen-bond donors (Lipinski definition) is 2. The number of nitrogens with zero attached hydrogens (tertiary/aromatic N) is 1. The maximum absolute atomic E-state index is 11.7. The van der Waals surface area contributed by atoms with E-state index < -0.39 is 11.9 Å². The van der Waals surface area contributed by atoms with Gasteiger partial charge in [0, 0.05) is 7.05 Å². The molecule has 0 aliphatic carbocycles. The van der Waals surface area contributed by atoms with E-state index in [-0.39, 0.29) is 24.4 Å². The average molecular weight is 251 g/mol. The molecule has 1 aromatic rings. The molecule has 0 spiro atoms. The number of ether oxygens (including phenoxy) is 1. The topological polar surface area (TPSA) is 98.6 Å². The van der Waals surface area contributed by atoms with Gasteiger partial charge in [0.15, 0.2) is 0 Å². The Morgan fingerprint density at radius 2 is 2.06 bits per heavy atom.